The Morgan fingerprint density at radius 2 is 1.62 bits per heavy atom. The molecule has 10 heteroatoms. The molecule has 0 atom stereocenters. The van der Waals surface area contributed by atoms with Crippen LogP contribution in [0.15, 0.2) is 59.5 Å². The lowest BCUT2D eigenvalue weighted by atomic mass is 10.2. The Morgan fingerprint density at radius 3 is 2.25 bits per heavy atom. The topological polar surface area (TPSA) is 90.0 Å². The van der Waals surface area contributed by atoms with E-state index in [2.05, 4.69) is 10.2 Å². The number of benzene rings is 2. The average Bonchev–Trinajstić information content (AvgIpc) is 2.80. The summed E-state index contributed by atoms with van der Waals surface area (Å²) in [5.41, 5.74) is 1.13. The largest absolute Gasteiger partial charge is 0.368 e. The Morgan fingerprint density at radius 1 is 1.00 bits per heavy atom. The molecule has 32 heavy (non-hydrogen) atoms. The maximum absolute atomic E-state index is 13.0. The fraction of sp³-hybridized carbons (Fsp3) is 0.364. The van der Waals surface area contributed by atoms with Gasteiger partial charge in [-0.15, -0.1) is 0 Å². The fourth-order valence-electron chi connectivity index (χ4n) is 3.45. The highest BCUT2D eigenvalue weighted by Gasteiger charge is 2.24. The highest BCUT2D eigenvalue weighted by molar-refractivity contribution is 7.89. The molecule has 1 fully saturated rings. The number of nitrogens with one attached hydrogen (secondary N) is 1. The molecule has 3 rings (SSSR count). The molecule has 0 unspecified atom stereocenters. The molecule has 0 saturated carbocycles. The number of nitrogens with zero attached hydrogens (tertiary/aromatic N) is 3. The standard InChI is InChI=1S/C22H27FN4O4S/c1-25(32(30,31)20-9-7-18(23)8-10-20)17-21(28)24-12-11-22(29)27-15-13-26(14-16-27)19-5-3-2-4-6-19/h2-10H,11-17H2,1H3,(H,24,28). The van der Waals surface area contributed by atoms with Crippen LogP contribution in [0.5, 0.6) is 0 Å². The Labute approximate surface area is 187 Å². The second-order valence-electron chi connectivity index (χ2n) is 7.52. The van der Waals surface area contributed by atoms with E-state index in [-0.39, 0.29) is 23.8 Å². The van der Waals surface area contributed by atoms with Gasteiger partial charge in [0.05, 0.1) is 11.4 Å². The summed E-state index contributed by atoms with van der Waals surface area (Å²) in [6.07, 6.45) is 0.144. The van der Waals surface area contributed by atoms with Gasteiger partial charge in [0.15, 0.2) is 0 Å². The van der Waals surface area contributed by atoms with Crippen LogP contribution in [0.3, 0.4) is 0 Å². The molecular weight excluding hydrogens is 435 g/mol. The van der Waals surface area contributed by atoms with E-state index in [1.807, 2.05) is 30.3 Å². The molecule has 1 saturated heterocycles. The highest BCUT2D eigenvalue weighted by atomic mass is 32.2. The third-order valence-electron chi connectivity index (χ3n) is 5.30. The molecule has 0 bridgehead atoms. The van der Waals surface area contributed by atoms with Gasteiger partial charge in [-0.1, -0.05) is 18.2 Å². The summed E-state index contributed by atoms with van der Waals surface area (Å²) >= 11 is 0. The molecule has 0 aliphatic carbocycles. The van der Waals surface area contributed by atoms with Gasteiger partial charge in [-0.25, -0.2) is 12.8 Å². The van der Waals surface area contributed by atoms with Crippen molar-refractivity contribution in [2.24, 2.45) is 0 Å². The molecule has 1 aliphatic heterocycles. The van der Waals surface area contributed by atoms with Crippen LogP contribution >= 0.6 is 0 Å². The first kappa shape index (κ1) is 23.7. The molecule has 0 radical (unpaired) electrons. The van der Waals surface area contributed by atoms with Crippen molar-refractivity contribution in [3.8, 4) is 0 Å². The fourth-order valence-corrected chi connectivity index (χ4v) is 4.58. The van der Waals surface area contributed by atoms with Crippen molar-refractivity contribution in [1.29, 1.82) is 0 Å². The van der Waals surface area contributed by atoms with Crippen LogP contribution < -0.4 is 10.2 Å². The zero-order valence-corrected chi connectivity index (χ0v) is 18.7. The smallest absolute Gasteiger partial charge is 0.243 e. The summed E-state index contributed by atoms with van der Waals surface area (Å²) in [4.78, 5) is 28.5. The van der Waals surface area contributed by atoms with Crippen molar-refractivity contribution in [3.63, 3.8) is 0 Å². The van der Waals surface area contributed by atoms with Gasteiger partial charge in [0, 0.05) is 51.9 Å². The number of amides is 2. The normalized spacial score (nSPS) is 14.5. The summed E-state index contributed by atoms with van der Waals surface area (Å²) < 4.78 is 38.8. The minimum Gasteiger partial charge on any atom is -0.368 e. The Balaban J connectivity index is 1.40. The van der Waals surface area contributed by atoms with Crippen LogP contribution in [-0.4, -0.2) is 75.8 Å². The second-order valence-corrected chi connectivity index (χ2v) is 9.56. The average molecular weight is 463 g/mol. The van der Waals surface area contributed by atoms with Gasteiger partial charge in [0.1, 0.15) is 5.82 Å². The molecule has 8 nitrogen and oxygen atoms in total. The third-order valence-corrected chi connectivity index (χ3v) is 7.12. The molecule has 0 aromatic heterocycles. The van der Waals surface area contributed by atoms with Gasteiger partial charge < -0.3 is 15.1 Å². The molecular formula is C22H27FN4O4S. The second kappa shape index (κ2) is 10.6. The first-order valence-electron chi connectivity index (χ1n) is 10.3. The summed E-state index contributed by atoms with van der Waals surface area (Å²) in [6, 6.07) is 14.4. The molecule has 172 valence electrons. The van der Waals surface area contributed by atoms with E-state index in [0.717, 1.165) is 47.3 Å². The predicted molar refractivity (Wildman–Crippen MR) is 119 cm³/mol. The SMILES string of the molecule is CN(CC(=O)NCCC(=O)N1CCN(c2ccccc2)CC1)S(=O)(=O)c1ccc(F)cc1. The van der Waals surface area contributed by atoms with Crippen molar-refractivity contribution >= 4 is 27.5 Å². The maximum Gasteiger partial charge on any atom is 0.243 e. The van der Waals surface area contributed by atoms with Gasteiger partial charge in [0.2, 0.25) is 21.8 Å². The van der Waals surface area contributed by atoms with E-state index in [9.17, 15) is 22.4 Å². The lowest BCUT2D eigenvalue weighted by Gasteiger charge is -2.36. The predicted octanol–water partition coefficient (Wildman–Crippen LogP) is 1.30. The van der Waals surface area contributed by atoms with Crippen LogP contribution in [0, 0.1) is 5.82 Å². The zero-order chi connectivity index (χ0) is 23.1. The number of hydrogen-bond acceptors (Lipinski definition) is 5. The Hall–Kier alpha value is -2.98. The lowest BCUT2D eigenvalue weighted by molar-refractivity contribution is -0.131. The van der Waals surface area contributed by atoms with E-state index in [0.29, 0.717) is 13.1 Å². The number of carbonyl (C=O) groups is 2. The van der Waals surface area contributed by atoms with Crippen molar-refractivity contribution in [2.45, 2.75) is 11.3 Å². The van der Waals surface area contributed by atoms with Gasteiger partial charge in [-0.05, 0) is 36.4 Å². The van der Waals surface area contributed by atoms with Crippen LogP contribution in [-0.2, 0) is 19.6 Å². The number of para-hydroxylation sites is 1. The summed E-state index contributed by atoms with van der Waals surface area (Å²) in [6.45, 7) is 2.44. The van der Waals surface area contributed by atoms with Crippen molar-refractivity contribution in [2.75, 3.05) is 51.2 Å². The zero-order valence-electron chi connectivity index (χ0n) is 17.9. The number of hydrogen-bond donors (Lipinski definition) is 1. The monoisotopic (exact) mass is 462 g/mol. The quantitative estimate of drug-likeness (QED) is 0.639. The van der Waals surface area contributed by atoms with Crippen LogP contribution in [0.25, 0.3) is 0 Å². The first-order chi connectivity index (χ1) is 15.3. The molecule has 0 spiro atoms. The van der Waals surface area contributed by atoms with Crippen LogP contribution in [0.2, 0.25) is 0 Å². The van der Waals surface area contributed by atoms with Gasteiger partial charge >= 0.3 is 0 Å². The van der Waals surface area contributed by atoms with Crippen molar-refractivity contribution in [1.82, 2.24) is 14.5 Å². The van der Waals surface area contributed by atoms with Crippen molar-refractivity contribution < 1.29 is 22.4 Å². The van der Waals surface area contributed by atoms with Crippen molar-refractivity contribution in [3.05, 3.63) is 60.4 Å². The van der Waals surface area contributed by atoms with E-state index in [4.69, 9.17) is 0 Å². The Bertz CT molecular complexity index is 1020. The first-order valence-corrected chi connectivity index (χ1v) is 11.8. The molecule has 1 heterocycles. The summed E-state index contributed by atoms with van der Waals surface area (Å²) in [5.74, 6) is -1.11. The van der Waals surface area contributed by atoms with E-state index >= 15 is 0 Å². The van der Waals surface area contributed by atoms with E-state index < -0.39 is 28.3 Å². The number of anilines is 1. The molecule has 2 aromatic carbocycles. The number of sulfonamides is 1. The number of piperazine rings is 1. The van der Waals surface area contributed by atoms with Crippen LogP contribution in [0.4, 0.5) is 10.1 Å². The van der Waals surface area contributed by atoms with Crippen LogP contribution in [0.1, 0.15) is 6.42 Å². The molecule has 1 aliphatic rings. The van der Waals surface area contributed by atoms with E-state index in [1.165, 1.54) is 7.05 Å². The number of halogens is 1. The minimum atomic E-state index is -3.91. The van der Waals surface area contributed by atoms with E-state index in [1.54, 1.807) is 4.90 Å². The molecule has 2 amide bonds. The molecule has 2 aromatic rings. The minimum absolute atomic E-state index is 0.0506. The third kappa shape index (κ3) is 6.04. The van der Waals surface area contributed by atoms with Gasteiger partial charge in [-0.3, -0.25) is 9.59 Å². The number of carbonyl (C=O) groups excluding carboxylic acids is 2. The molecule has 1 N–H and O–H groups in total. The maximum atomic E-state index is 13.0. The van der Waals surface area contributed by atoms with Gasteiger partial charge in [0.25, 0.3) is 0 Å². The highest BCUT2D eigenvalue weighted by Crippen LogP contribution is 2.16. The Kier molecular flexibility index (Phi) is 7.81. The number of likely N-dealkylation sites (N-methyl/N-ethyl adjacent to an activating group) is 1. The number of rotatable bonds is 8. The summed E-state index contributed by atoms with van der Waals surface area (Å²) in [7, 11) is -2.64. The summed E-state index contributed by atoms with van der Waals surface area (Å²) in [5, 5.41) is 2.59. The van der Waals surface area contributed by atoms with Gasteiger partial charge in [-0.2, -0.15) is 4.31 Å². The lowest BCUT2D eigenvalue weighted by Crippen LogP contribution is -2.49.